The summed E-state index contributed by atoms with van der Waals surface area (Å²) in [4.78, 5) is 0. The molecule has 116 valence electrons. The molecule has 0 radical (unpaired) electrons. The molecule has 1 aromatic carbocycles. The summed E-state index contributed by atoms with van der Waals surface area (Å²) in [6.45, 7) is 2.00. The Morgan fingerprint density at radius 3 is 2.76 bits per heavy atom. The molecule has 1 aliphatic rings. The van der Waals surface area contributed by atoms with Gasteiger partial charge in [0, 0.05) is 23.8 Å². The highest BCUT2D eigenvalue weighted by atomic mass is 79.9. The van der Waals surface area contributed by atoms with E-state index in [2.05, 4.69) is 21.2 Å². The first kappa shape index (κ1) is 16.5. The fraction of sp³-hybridized carbons (Fsp3) is 0.467. The van der Waals surface area contributed by atoms with Gasteiger partial charge in [0.15, 0.2) is 9.84 Å². The van der Waals surface area contributed by atoms with Gasteiger partial charge >= 0.3 is 0 Å². The van der Waals surface area contributed by atoms with Crippen molar-refractivity contribution in [1.82, 2.24) is 5.32 Å². The lowest BCUT2D eigenvalue weighted by Gasteiger charge is -2.18. The minimum Gasteiger partial charge on any atom is -0.494 e. The van der Waals surface area contributed by atoms with Crippen molar-refractivity contribution in [2.24, 2.45) is 0 Å². The van der Waals surface area contributed by atoms with Gasteiger partial charge < -0.3 is 10.1 Å². The lowest BCUT2D eigenvalue weighted by Crippen LogP contribution is -2.34. The van der Waals surface area contributed by atoms with E-state index in [0.717, 1.165) is 35.1 Å². The average Bonchev–Trinajstić information content (AvgIpc) is 2.39. The molecule has 1 N–H and O–H groups in total. The van der Waals surface area contributed by atoms with Crippen LogP contribution in [0.25, 0.3) is 0 Å². The highest BCUT2D eigenvalue weighted by Crippen LogP contribution is 2.17. The van der Waals surface area contributed by atoms with Crippen molar-refractivity contribution in [3.8, 4) is 5.75 Å². The van der Waals surface area contributed by atoms with Gasteiger partial charge in [-0.3, -0.25) is 0 Å². The van der Waals surface area contributed by atoms with Crippen molar-refractivity contribution in [3.05, 3.63) is 40.8 Å². The summed E-state index contributed by atoms with van der Waals surface area (Å²) in [5, 5.41) is 5.40. The maximum Gasteiger partial charge on any atom is 0.175 e. The first-order chi connectivity index (χ1) is 10.1. The van der Waals surface area contributed by atoms with E-state index < -0.39 is 9.84 Å². The number of ether oxygens (including phenoxy) is 1. The quantitative estimate of drug-likeness (QED) is 0.562. The van der Waals surface area contributed by atoms with Crippen LogP contribution in [0.2, 0.25) is 0 Å². The Morgan fingerprint density at radius 2 is 2.10 bits per heavy atom. The van der Waals surface area contributed by atoms with E-state index in [9.17, 15) is 8.42 Å². The molecule has 1 saturated heterocycles. The summed E-state index contributed by atoms with van der Waals surface area (Å²) in [5.41, 5.74) is 1.70. The number of sulfone groups is 1. The second kappa shape index (κ2) is 7.96. The first-order valence-corrected chi connectivity index (χ1v) is 9.83. The van der Waals surface area contributed by atoms with Crippen molar-refractivity contribution in [2.75, 3.05) is 25.0 Å². The maximum atomic E-state index is 12.1. The van der Waals surface area contributed by atoms with Crippen LogP contribution in [0.15, 0.2) is 35.2 Å². The number of halogens is 1. The lowest BCUT2D eigenvalue weighted by atomic mass is 10.2. The molecule has 1 fully saturated rings. The van der Waals surface area contributed by atoms with Crippen LogP contribution < -0.4 is 10.1 Å². The zero-order chi connectivity index (χ0) is 15.1. The van der Waals surface area contributed by atoms with E-state index in [1.54, 1.807) is 0 Å². The van der Waals surface area contributed by atoms with Gasteiger partial charge in [-0.05, 0) is 36.1 Å². The van der Waals surface area contributed by atoms with Crippen LogP contribution >= 0.6 is 15.9 Å². The predicted octanol–water partition coefficient (Wildman–Crippen LogP) is 2.64. The molecule has 1 aliphatic heterocycles. The molecule has 0 aliphatic carbocycles. The highest BCUT2D eigenvalue weighted by molar-refractivity contribution is 9.09. The Labute approximate surface area is 134 Å². The standard InChI is InChI=1S/C15H20BrNO3S/c16-6-1-2-7-20-15-5-3-4-13(8-15)11-21(18,19)12-14-9-17-10-14/h3-5,8,12,17H,1-2,6-7,9-11H2. The van der Waals surface area contributed by atoms with Crippen molar-refractivity contribution in [3.63, 3.8) is 0 Å². The number of hydrogen-bond acceptors (Lipinski definition) is 4. The number of nitrogens with one attached hydrogen (secondary N) is 1. The number of hydrogen-bond donors (Lipinski definition) is 1. The normalized spacial score (nSPS) is 14.6. The van der Waals surface area contributed by atoms with Gasteiger partial charge in [0.1, 0.15) is 5.75 Å². The van der Waals surface area contributed by atoms with Crippen LogP contribution in [0.1, 0.15) is 18.4 Å². The maximum absolute atomic E-state index is 12.1. The number of benzene rings is 1. The number of unbranched alkanes of at least 4 members (excludes halogenated alkanes) is 1. The van der Waals surface area contributed by atoms with E-state index in [1.807, 2.05) is 24.3 Å². The summed E-state index contributed by atoms with van der Waals surface area (Å²) in [6, 6.07) is 7.32. The highest BCUT2D eigenvalue weighted by Gasteiger charge is 2.15. The lowest BCUT2D eigenvalue weighted by molar-refractivity contribution is 0.310. The van der Waals surface area contributed by atoms with Gasteiger partial charge in [0.2, 0.25) is 0 Å². The van der Waals surface area contributed by atoms with Gasteiger partial charge in [-0.15, -0.1) is 0 Å². The van der Waals surface area contributed by atoms with Gasteiger partial charge in [-0.2, -0.15) is 0 Å². The molecule has 1 aromatic rings. The zero-order valence-corrected chi connectivity index (χ0v) is 14.2. The van der Waals surface area contributed by atoms with Gasteiger partial charge in [-0.25, -0.2) is 8.42 Å². The second-order valence-corrected chi connectivity index (χ2v) is 7.72. The Bertz CT molecular complexity index is 593. The molecule has 6 heteroatoms. The molecule has 0 aromatic heterocycles. The van der Waals surface area contributed by atoms with E-state index in [-0.39, 0.29) is 5.75 Å². The molecular weight excluding hydrogens is 354 g/mol. The van der Waals surface area contributed by atoms with Crippen LogP contribution in [0.3, 0.4) is 0 Å². The van der Waals surface area contributed by atoms with Crippen LogP contribution in [0.4, 0.5) is 0 Å². The predicted molar refractivity (Wildman–Crippen MR) is 88.5 cm³/mol. The average molecular weight is 374 g/mol. The van der Waals surface area contributed by atoms with E-state index in [0.29, 0.717) is 19.7 Å². The van der Waals surface area contributed by atoms with Crippen LogP contribution in [0, 0.1) is 0 Å². The Kier molecular flexibility index (Phi) is 6.26. The van der Waals surface area contributed by atoms with E-state index >= 15 is 0 Å². The third-order valence-electron chi connectivity index (χ3n) is 3.11. The Morgan fingerprint density at radius 1 is 1.29 bits per heavy atom. The van der Waals surface area contributed by atoms with Crippen molar-refractivity contribution in [1.29, 1.82) is 0 Å². The smallest absolute Gasteiger partial charge is 0.175 e. The van der Waals surface area contributed by atoms with Crippen LogP contribution in [-0.4, -0.2) is 33.4 Å². The van der Waals surface area contributed by atoms with Crippen LogP contribution in [0.5, 0.6) is 5.75 Å². The van der Waals surface area contributed by atoms with Gasteiger partial charge in [-0.1, -0.05) is 28.1 Å². The third kappa shape index (κ3) is 5.80. The summed E-state index contributed by atoms with van der Waals surface area (Å²) in [6.07, 6.45) is 2.04. The largest absolute Gasteiger partial charge is 0.494 e. The van der Waals surface area contributed by atoms with E-state index in [1.165, 1.54) is 5.41 Å². The van der Waals surface area contributed by atoms with Gasteiger partial charge in [0.05, 0.1) is 12.4 Å². The SMILES string of the molecule is O=S(=O)(C=C1CNC1)Cc1cccc(OCCCCBr)c1. The summed E-state index contributed by atoms with van der Waals surface area (Å²) in [7, 11) is -3.20. The third-order valence-corrected chi connectivity index (χ3v) is 5.10. The zero-order valence-electron chi connectivity index (χ0n) is 11.8. The molecule has 0 saturated carbocycles. The number of rotatable bonds is 8. The topological polar surface area (TPSA) is 55.4 Å². The van der Waals surface area contributed by atoms with Crippen molar-refractivity contribution < 1.29 is 13.2 Å². The summed E-state index contributed by atoms with van der Waals surface area (Å²) >= 11 is 3.38. The molecule has 0 unspecified atom stereocenters. The van der Waals surface area contributed by atoms with Crippen molar-refractivity contribution in [2.45, 2.75) is 18.6 Å². The van der Waals surface area contributed by atoms with Crippen LogP contribution in [-0.2, 0) is 15.6 Å². The number of alkyl halides is 1. The molecule has 0 amide bonds. The monoisotopic (exact) mass is 373 g/mol. The molecular formula is C15H20BrNO3S. The minimum absolute atomic E-state index is 0.0229. The molecule has 0 bridgehead atoms. The molecule has 0 atom stereocenters. The molecule has 4 nitrogen and oxygen atoms in total. The summed E-state index contributed by atoms with van der Waals surface area (Å²) in [5.74, 6) is 0.755. The fourth-order valence-electron chi connectivity index (χ4n) is 1.99. The van der Waals surface area contributed by atoms with E-state index in [4.69, 9.17) is 4.74 Å². The van der Waals surface area contributed by atoms with Crippen molar-refractivity contribution >= 4 is 25.8 Å². The molecule has 1 heterocycles. The Balaban J connectivity index is 1.94. The fourth-order valence-corrected chi connectivity index (χ4v) is 3.79. The molecule has 2 rings (SSSR count). The second-order valence-electron chi connectivity index (χ2n) is 5.08. The first-order valence-electron chi connectivity index (χ1n) is 7.00. The van der Waals surface area contributed by atoms with Gasteiger partial charge in [0.25, 0.3) is 0 Å². The molecule has 21 heavy (non-hydrogen) atoms. The Hall–Kier alpha value is -0.850. The molecule has 0 spiro atoms. The minimum atomic E-state index is -3.20. The summed E-state index contributed by atoms with van der Waals surface area (Å²) < 4.78 is 29.8.